The summed E-state index contributed by atoms with van der Waals surface area (Å²) in [6.07, 6.45) is 3.13. The third-order valence-electron chi connectivity index (χ3n) is 0.705. The minimum absolute atomic E-state index is 0.914. The van der Waals surface area contributed by atoms with Crippen molar-refractivity contribution >= 4 is 6.72 Å². The minimum Gasteiger partial charge on any atom is -0.269 e. The van der Waals surface area contributed by atoms with Crippen molar-refractivity contribution < 1.29 is 0 Å². The molecule has 0 bridgehead atoms. The van der Waals surface area contributed by atoms with E-state index in [9.17, 15) is 0 Å². The topological polar surface area (TPSA) is 12.4 Å². The van der Waals surface area contributed by atoms with Crippen molar-refractivity contribution in [3.8, 4) is 0 Å². The molecule has 0 aliphatic carbocycles. The Morgan fingerprint density at radius 3 is 1.62 bits per heavy atom. The first-order valence-electron chi connectivity index (χ1n) is 4.88. The first-order valence-corrected chi connectivity index (χ1v) is 4.88. The standard InChI is InChI=1S/C7H11N.C3H8.C2H6/c1-6(2)5-7(3)8-4;1-3-2;1-2/h5H,1,4H2,2-3H3;3H2,1-2H3;1-2H3/b7-5-;;. The second-order valence-corrected chi connectivity index (χ2v) is 2.50. The first kappa shape index (κ1) is 18.0. The van der Waals surface area contributed by atoms with Gasteiger partial charge in [-0.05, 0) is 26.6 Å². The molecule has 1 heteroatoms. The van der Waals surface area contributed by atoms with Crippen LogP contribution in [0.3, 0.4) is 0 Å². The van der Waals surface area contributed by atoms with Gasteiger partial charge < -0.3 is 0 Å². The van der Waals surface area contributed by atoms with E-state index in [2.05, 4.69) is 32.1 Å². The lowest BCUT2D eigenvalue weighted by atomic mass is 10.3. The SMILES string of the molecule is C=N/C(C)=C\C(=C)C.CC.CCC. The molecule has 0 N–H and O–H groups in total. The molecule has 0 aromatic heterocycles. The lowest BCUT2D eigenvalue weighted by Gasteiger charge is -1.87. The quantitative estimate of drug-likeness (QED) is 0.438. The van der Waals surface area contributed by atoms with Gasteiger partial charge in [0.2, 0.25) is 0 Å². The third kappa shape index (κ3) is 35.2. The first-order chi connectivity index (χ1) is 6.08. The van der Waals surface area contributed by atoms with Crippen molar-refractivity contribution in [1.82, 2.24) is 0 Å². The Kier molecular flexibility index (Phi) is 24.0. The van der Waals surface area contributed by atoms with E-state index in [1.54, 1.807) is 0 Å². The average molecular weight is 183 g/mol. The van der Waals surface area contributed by atoms with E-state index >= 15 is 0 Å². The van der Waals surface area contributed by atoms with Gasteiger partial charge in [0.25, 0.3) is 0 Å². The van der Waals surface area contributed by atoms with E-state index in [4.69, 9.17) is 0 Å². The maximum absolute atomic E-state index is 3.68. The van der Waals surface area contributed by atoms with Gasteiger partial charge in [-0.3, -0.25) is 4.99 Å². The number of aliphatic imine (C=N–C) groups is 1. The molecule has 1 nitrogen and oxygen atoms in total. The van der Waals surface area contributed by atoms with Crippen molar-refractivity contribution in [2.75, 3.05) is 0 Å². The normalized spacial score (nSPS) is 8.62. The number of nitrogens with zero attached hydrogens (tertiary/aromatic N) is 1. The van der Waals surface area contributed by atoms with Crippen LogP contribution in [0.5, 0.6) is 0 Å². The second-order valence-electron chi connectivity index (χ2n) is 2.50. The van der Waals surface area contributed by atoms with Crippen LogP contribution in [0.25, 0.3) is 0 Å². The minimum atomic E-state index is 0.914. The lowest BCUT2D eigenvalue weighted by molar-refractivity contribution is 1.09. The lowest BCUT2D eigenvalue weighted by Crippen LogP contribution is -1.67. The molecule has 0 fully saturated rings. The van der Waals surface area contributed by atoms with Crippen LogP contribution in [0.2, 0.25) is 0 Å². The fourth-order valence-electron chi connectivity index (χ4n) is 0.402. The molecule has 0 saturated heterocycles. The highest BCUT2D eigenvalue weighted by molar-refractivity contribution is 5.30. The summed E-state index contributed by atoms with van der Waals surface area (Å²) in [5.41, 5.74) is 1.92. The Morgan fingerprint density at radius 1 is 1.23 bits per heavy atom. The van der Waals surface area contributed by atoms with E-state index in [0.29, 0.717) is 0 Å². The number of allylic oxidation sites excluding steroid dienone is 3. The third-order valence-corrected chi connectivity index (χ3v) is 0.705. The fraction of sp³-hybridized carbons (Fsp3) is 0.583. The number of hydrogen-bond donors (Lipinski definition) is 0. The molecule has 0 unspecified atom stereocenters. The van der Waals surface area contributed by atoms with Gasteiger partial charge in [0.15, 0.2) is 0 Å². The summed E-state index contributed by atoms with van der Waals surface area (Å²) < 4.78 is 0. The molecule has 0 aliphatic rings. The van der Waals surface area contributed by atoms with Crippen LogP contribution in [0, 0.1) is 0 Å². The van der Waals surface area contributed by atoms with Crippen LogP contribution in [0.15, 0.2) is 28.9 Å². The van der Waals surface area contributed by atoms with Crippen LogP contribution in [-0.2, 0) is 0 Å². The van der Waals surface area contributed by atoms with Crippen molar-refractivity contribution in [2.24, 2.45) is 4.99 Å². The van der Waals surface area contributed by atoms with E-state index < -0.39 is 0 Å². The highest BCUT2D eigenvalue weighted by atomic mass is 14.7. The van der Waals surface area contributed by atoms with Gasteiger partial charge in [-0.25, -0.2) is 0 Å². The van der Waals surface area contributed by atoms with Gasteiger partial charge in [0, 0.05) is 5.70 Å². The van der Waals surface area contributed by atoms with Crippen molar-refractivity contribution in [2.45, 2.75) is 48.0 Å². The Bertz CT molecular complexity index is 143. The van der Waals surface area contributed by atoms with Crippen LogP contribution >= 0.6 is 0 Å². The van der Waals surface area contributed by atoms with Gasteiger partial charge in [0.1, 0.15) is 0 Å². The zero-order valence-corrected chi connectivity index (χ0v) is 10.1. The smallest absolute Gasteiger partial charge is 0.0367 e. The summed E-state index contributed by atoms with van der Waals surface area (Å²) >= 11 is 0. The molecule has 13 heavy (non-hydrogen) atoms. The summed E-state index contributed by atoms with van der Waals surface area (Å²) in [4.78, 5) is 3.68. The van der Waals surface area contributed by atoms with Crippen LogP contribution < -0.4 is 0 Å². The molecular formula is C12H25N. The monoisotopic (exact) mass is 183 g/mol. The van der Waals surface area contributed by atoms with Gasteiger partial charge in [-0.2, -0.15) is 0 Å². The van der Waals surface area contributed by atoms with E-state index in [1.807, 2.05) is 33.8 Å². The molecule has 0 aromatic carbocycles. The highest BCUT2D eigenvalue weighted by Gasteiger charge is 1.78. The largest absolute Gasteiger partial charge is 0.269 e. The summed E-state index contributed by atoms with van der Waals surface area (Å²) in [5, 5.41) is 0. The molecule has 78 valence electrons. The molecule has 0 atom stereocenters. The van der Waals surface area contributed by atoms with Crippen molar-refractivity contribution in [1.29, 1.82) is 0 Å². The zero-order valence-electron chi connectivity index (χ0n) is 10.1. The molecule has 0 rings (SSSR count). The van der Waals surface area contributed by atoms with Gasteiger partial charge in [0.05, 0.1) is 0 Å². The zero-order chi connectivity index (χ0) is 11.3. The van der Waals surface area contributed by atoms with E-state index in [0.717, 1.165) is 11.3 Å². The Hall–Kier alpha value is -0.850. The maximum Gasteiger partial charge on any atom is 0.0367 e. The number of hydrogen-bond acceptors (Lipinski definition) is 1. The Balaban J connectivity index is -0.000000169. The molecule has 0 heterocycles. The molecule has 0 aromatic rings. The Morgan fingerprint density at radius 2 is 1.54 bits per heavy atom. The molecule has 0 radical (unpaired) electrons. The maximum atomic E-state index is 3.68. The fourth-order valence-corrected chi connectivity index (χ4v) is 0.402. The van der Waals surface area contributed by atoms with Crippen LogP contribution in [0.1, 0.15) is 48.0 Å². The van der Waals surface area contributed by atoms with Gasteiger partial charge >= 0.3 is 0 Å². The second kappa shape index (κ2) is 17.3. The molecule has 0 aliphatic heterocycles. The predicted octanol–water partition coefficient (Wildman–Crippen LogP) is 4.61. The summed E-state index contributed by atoms with van der Waals surface area (Å²) in [5.74, 6) is 0. The molecule has 0 spiro atoms. The van der Waals surface area contributed by atoms with Crippen LogP contribution in [0.4, 0.5) is 0 Å². The van der Waals surface area contributed by atoms with E-state index in [-0.39, 0.29) is 0 Å². The molecular weight excluding hydrogens is 158 g/mol. The number of rotatable bonds is 2. The van der Waals surface area contributed by atoms with Gasteiger partial charge in [-0.15, -0.1) is 0 Å². The van der Waals surface area contributed by atoms with Gasteiger partial charge in [-0.1, -0.05) is 46.3 Å². The predicted molar refractivity (Wildman–Crippen MR) is 65.4 cm³/mol. The highest BCUT2D eigenvalue weighted by Crippen LogP contribution is 1.97. The van der Waals surface area contributed by atoms with Crippen LogP contribution in [-0.4, -0.2) is 6.72 Å². The molecule has 0 saturated carbocycles. The van der Waals surface area contributed by atoms with Crippen molar-refractivity contribution in [3.05, 3.63) is 23.9 Å². The summed E-state index contributed by atoms with van der Waals surface area (Å²) in [6, 6.07) is 0. The van der Waals surface area contributed by atoms with E-state index in [1.165, 1.54) is 6.42 Å². The average Bonchev–Trinajstić information content (AvgIpc) is 2.08. The summed E-state index contributed by atoms with van der Waals surface area (Å²) in [7, 11) is 0. The Labute approximate surface area is 84.3 Å². The van der Waals surface area contributed by atoms with Crippen molar-refractivity contribution in [3.63, 3.8) is 0 Å². The summed E-state index contributed by atoms with van der Waals surface area (Å²) in [6.45, 7) is 19.1. The molecule has 0 amide bonds.